The third-order valence-corrected chi connectivity index (χ3v) is 3.13. The zero-order valence-corrected chi connectivity index (χ0v) is 11.3. The van der Waals surface area contributed by atoms with Gasteiger partial charge in [-0.05, 0) is 35.7 Å². The van der Waals surface area contributed by atoms with Crippen molar-refractivity contribution in [2.45, 2.75) is 19.3 Å². The lowest BCUT2D eigenvalue weighted by Gasteiger charge is -2.12. The van der Waals surface area contributed by atoms with Crippen LogP contribution in [0.4, 0.5) is 11.4 Å². The molecule has 0 aromatic heterocycles. The Morgan fingerprint density at radius 3 is 2.60 bits per heavy atom. The first-order valence-corrected chi connectivity index (χ1v) is 6.49. The molecule has 0 saturated carbocycles. The zero-order valence-electron chi connectivity index (χ0n) is 11.3. The molecule has 0 saturated heterocycles. The normalized spacial score (nSPS) is 11.8. The van der Waals surface area contributed by atoms with E-state index in [0.29, 0.717) is 17.8 Å². The van der Waals surface area contributed by atoms with Gasteiger partial charge in [0.2, 0.25) is 5.91 Å². The van der Waals surface area contributed by atoms with Gasteiger partial charge in [0.15, 0.2) is 0 Å². The van der Waals surface area contributed by atoms with E-state index >= 15 is 0 Å². The van der Waals surface area contributed by atoms with Gasteiger partial charge >= 0.3 is 0 Å². The number of carbonyl (C=O) groups is 1. The molecule has 0 heterocycles. The Morgan fingerprint density at radius 1 is 1.25 bits per heavy atom. The van der Waals surface area contributed by atoms with Crippen LogP contribution in [0.3, 0.4) is 0 Å². The van der Waals surface area contributed by atoms with E-state index < -0.39 is 0 Å². The fourth-order valence-electron chi connectivity index (χ4n) is 2.02. The Labute approximate surface area is 118 Å². The van der Waals surface area contributed by atoms with Crippen molar-refractivity contribution in [1.29, 1.82) is 0 Å². The number of phenolic OH excluding ortho intramolecular Hbond substituents is 1. The number of phenols is 1. The summed E-state index contributed by atoms with van der Waals surface area (Å²) in [6.45, 7) is 1.99. The lowest BCUT2D eigenvalue weighted by Crippen LogP contribution is -2.14. The monoisotopic (exact) mass is 270 g/mol. The number of nitrogens with two attached hydrogens (primary N) is 1. The lowest BCUT2D eigenvalue weighted by molar-refractivity contribution is -0.116. The SMILES string of the molecule is CC(CC(=O)Nc1cccc(O)c1)c1ccc(N)cc1. The predicted molar refractivity (Wildman–Crippen MR) is 80.6 cm³/mol. The summed E-state index contributed by atoms with van der Waals surface area (Å²) in [7, 11) is 0. The highest BCUT2D eigenvalue weighted by Crippen LogP contribution is 2.21. The molecular formula is C16H18N2O2. The third-order valence-electron chi connectivity index (χ3n) is 3.13. The second kappa shape index (κ2) is 6.10. The molecule has 0 aliphatic carbocycles. The molecule has 2 aromatic rings. The predicted octanol–water partition coefficient (Wildman–Crippen LogP) is 3.11. The quantitative estimate of drug-likeness (QED) is 0.747. The van der Waals surface area contributed by atoms with Gasteiger partial charge in [-0.1, -0.05) is 25.1 Å². The molecule has 2 aromatic carbocycles. The first-order valence-electron chi connectivity index (χ1n) is 6.49. The number of benzene rings is 2. The van der Waals surface area contributed by atoms with E-state index in [9.17, 15) is 9.90 Å². The fourth-order valence-corrected chi connectivity index (χ4v) is 2.02. The molecule has 1 unspecified atom stereocenters. The first kappa shape index (κ1) is 13.9. The standard InChI is InChI=1S/C16H18N2O2/c1-11(12-5-7-13(17)8-6-12)9-16(20)18-14-3-2-4-15(19)10-14/h2-8,10-11,19H,9,17H2,1H3,(H,18,20). The van der Waals surface area contributed by atoms with Crippen LogP contribution >= 0.6 is 0 Å². The number of nitrogens with one attached hydrogen (secondary N) is 1. The van der Waals surface area contributed by atoms with Crippen LogP contribution in [0.5, 0.6) is 5.75 Å². The van der Waals surface area contributed by atoms with Gasteiger partial charge in [-0.15, -0.1) is 0 Å². The number of amides is 1. The molecule has 4 heteroatoms. The van der Waals surface area contributed by atoms with E-state index in [1.54, 1.807) is 18.2 Å². The van der Waals surface area contributed by atoms with Crippen molar-refractivity contribution < 1.29 is 9.90 Å². The minimum atomic E-state index is -0.0834. The van der Waals surface area contributed by atoms with E-state index in [0.717, 1.165) is 5.56 Å². The van der Waals surface area contributed by atoms with Crippen LogP contribution in [-0.2, 0) is 4.79 Å². The summed E-state index contributed by atoms with van der Waals surface area (Å²) in [5, 5.41) is 12.1. The van der Waals surface area contributed by atoms with Gasteiger partial charge in [0.05, 0.1) is 0 Å². The number of anilines is 2. The average molecular weight is 270 g/mol. The molecule has 4 nitrogen and oxygen atoms in total. The van der Waals surface area contributed by atoms with Crippen molar-refractivity contribution >= 4 is 17.3 Å². The summed E-state index contributed by atoms with van der Waals surface area (Å²) in [6, 6.07) is 14.0. The summed E-state index contributed by atoms with van der Waals surface area (Å²) in [4.78, 5) is 12.0. The summed E-state index contributed by atoms with van der Waals surface area (Å²) in [5.74, 6) is 0.155. The molecule has 0 bridgehead atoms. The number of aromatic hydroxyl groups is 1. The van der Waals surface area contributed by atoms with E-state index in [1.165, 1.54) is 6.07 Å². The van der Waals surface area contributed by atoms with E-state index in [-0.39, 0.29) is 17.6 Å². The molecule has 0 aliphatic rings. The molecule has 1 amide bonds. The highest BCUT2D eigenvalue weighted by molar-refractivity contribution is 5.91. The molecule has 0 radical (unpaired) electrons. The Kier molecular flexibility index (Phi) is 4.25. The van der Waals surface area contributed by atoms with Gasteiger partial charge in [0, 0.05) is 23.9 Å². The first-order chi connectivity index (χ1) is 9.54. The van der Waals surface area contributed by atoms with Gasteiger partial charge in [-0.25, -0.2) is 0 Å². The number of nitrogen functional groups attached to an aromatic ring is 1. The van der Waals surface area contributed by atoms with Crippen LogP contribution in [0.2, 0.25) is 0 Å². The van der Waals surface area contributed by atoms with Crippen LogP contribution in [0.15, 0.2) is 48.5 Å². The second-order valence-electron chi connectivity index (χ2n) is 4.87. The van der Waals surface area contributed by atoms with Crippen LogP contribution < -0.4 is 11.1 Å². The van der Waals surface area contributed by atoms with Gasteiger partial charge in [0.25, 0.3) is 0 Å². The van der Waals surface area contributed by atoms with Crippen molar-refractivity contribution in [2.24, 2.45) is 0 Å². The molecule has 4 N–H and O–H groups in total. The summed E-state index contributed by atoms with van der Waals surface area (Å²) >= 11 is 0. The average Bonchev–Trinajstić information content (AvgIpc) is 2.39. The van der Waals surface area contributed by atoms with Gasteiger partial charge in [-0.2, -0.15) is 0 Å². The van der Waals surface area contributed by atoms with E-state index in [2.05, 4.69) is 5.32 Å². The highest BCUT2D eigenvalue weighted by Gasteiger charge is 2.11. The minimum Gasteiger partial charge on any atom is -0.508 e. The lowest BCUT2D eigenvalue weighted by atomic mass is 9.97. The number of hydrogen-bond acceptors (Lipinski definition) is 3. The Hall–Kier alpha value is -2.49. The largest absolute Gasteiger partial charge is 0.508 e. The summed E-state index contributed by atoms with van der Waals surface area (Å²) in [5.41, 5.74) is 8.03. The number of hydrogen-bond donors (Lipinski definition) is 3. The molecule has 2 rings (SSSR count). The van der Waals surface area contributed by atoms with Crippen molar-refractivity contribution in [3.05, 3.63) is 54.1 Å². The molecule has 0 aliphatic heterocycles. The zero-order chi connectivity index (χ0) is 14.5. The summed E-state index contributed by atoms with van der Waals surface area (Å²) < 4.78 is 0. The van der Waals surface area contributed by atoms with Crippen LogP contribution in [0.1, 0.15) is 24.8 Å². The van der Waals surface area contributed by atoms with Gasteiger partial charge in [0.1, 0.15) is 5.75 Å². The van der Waals surface area contributed by atoms with E-state index in [1.807, 2.05) is 31.2 Å². The Balaban J connectivity index is 1.95. The second-order valence-corrected chi connectivity index (χ2v) is 4.87. The molecule has 1 atom stereocenters. The maximum atomic E-state index is 12.0. The minimum absolute atomic E-state index is 0.0834. The fraction of sp³-hybridized carbons (Fsp3) is 0.188. The number of carbonyl (C=O) groups excluding carboxylic acids is 1. The van der Waals surface area contributed by atoms with Gasteiger partial charge < -0.3 is 16.2 Å². The van der Waals surface area contributed by atoms with E-state index in [4.69, 9.17) is 5.73 Å². The molecule has 20 heavy (non-hydrogen) atoms. The van der Waals surface area contributed by atoms with Crippen molar-refractivity contribution in [2.75, 3.05) is 11.1 Å². The smallest absolute Gasteiger partial charge is 0.224 e. The summed E-state index contributed by atoms with van der Waals surface area (Å²) in [6.07, 6.45) is 0.375. The van der Waals surface area contributed by atoms with Crippen molar-refractivity contribution in [3.8, 4) is 5.75 Å². The molecule has 0 fully saturated rings. The molecule has 104 valence electrons. The van der Waals surface area contributed by atoms with Crippen LogP contribution in [0, 0.1) is 0 Å². The number of rotatable bonds is 4. The third kappa shape index (κ3) is 3.75. The van der Waals surface area contributed by atoms with Crippen molar-refractivity contribution in [1.82, 2.24) is 0 Å². The van der Waals surface area contributed by atoms with Crippen LogP contribution in [-0.4, -0.2) is 11.0 Å². The Bertz CT molecular complexity index is 594. The van der Waals surface area contributed by atoms with Gasteiger partial charge in [-0.3, -0.25) is 4.79 Å². The topological polar surface area (TPSA) is 75.3 Å². The molecular weight excluding hydrogens is 252 g/mol. The molecule has 0 spiro atoms. The van der Waals surface area contributed by atoms with Crippen molar-refractivity contribution in [3.63, 3.8) is 0 Å². The maximum Gasteiger partial charge on any atom is 0.224 e. The Morgan fingerprint density at radius 2 is 1.95 bits per heavy atom. The highest BCUT2D eigenvalue weighted by atomic mass is 16.3. The maximum absolute atomic E-state index is 12.0. The van der Waals surface area contributed by atoms with Crippen LogP contribution in [0.25, 0.3) is 0 Å².